The number of rotatable bonds is 6. The summed E-state index contributed by atoms with van der Waals surface area (Å²) in [5, 5.41) is 3.71. The molecular formula is C24H27N3O3Si3. The molecule has 4 rings (SSSR count). The molecule has 1 aromatic heterocycles. The maximum absolute atomic E-state index is 13.5. The van der Waals surface area contributed by atoms with Gasteiger partial charge in [0.1, 0.15) is 0 Å². The lowest BCUT2D eigenvalue weighted by Crippen LogP contribution is -2.52. The van der Waals surface area contributed by atoms with Gasteiger partial charge in [0.15, 0.2) is 0 Å². The zero-order valence-electron chi connectivity index (χ0n) is 19.1. The van der Waals surface area contributed by atoms with Gasteiger partial charge in [-0.3, -0.25) is 0 Å². The van der Waals surface area contributed by atoms with Crippen LogP contribution in [0, 0.1) is 0 Å². The van der Waals surface area contributed by atoms with Crippen molar-refractivity contribution in [3.8, 4) is 17.1 Å². The van der Waals surface area contributed by atoms with E-state index in [0.717, 1.165) is 13.7 Å². The van der Waals surface area contributed by atoms with Gasteiger partial charge < -0.3 is 0 Å². The molecule has 0 aliphatic carbocycles. The predicted molar refractivity (Wildman–Crippen MR) is 145 cm³/mol. The molecule has 6 nitrogen and oxygen atoms in total. The standard InChI is InChI=1S/C24H27N3O3Si3/c1-31-19-10-4-16(5-11-19)25-22(28)26(17-6-12-20(32-2)13-7-17)24(30)27(23(25)29)18-8-14-21(33-3)15-9-18/h4-15H,31-33H2,1-3H3. The lowest BCUT2D eigenvalue weighted by atomic mass is 10.3. The SMILES string of the molecule is C[SiH2]c1ccc(-n2c(=O)n(-c3ccc([SiH2]C)cc3)c(=O)n(-c3ccc([SiH2]C)cc3)c2=O)cc1. The Balaban J connectivity index is 2.05. The fourth-order valence-electron chi connectivity index (χ4n) is 3.85. The van der Waals surface area contributed by atoms with Crippen molar-refractivity contribution >= 4 is 44.1 Å². The highest BCUT2D eigenvalue weighted by Gasteiger charge is 2.19. The van der Waals surface area contributed by atoms with E-state index >= 15 is 0 Å². The van der Waals surface area contributed by atoms with Crippen LogP contribution in [0.4, 0.5) is 0 Å². The topological polar surface area (TPSA) is 66.0 Å². The summed E-state index contributed by atoms with van der Waals surface area (Å²) in [6, 6.07) is 22.4. The zero-order chi connectivity index (χ0) is 23.5. The lowest BCUT2D eigenvalue weighted by molar-refractivity contribution is 0.660. The van der Waals surface area contributed by atoms with Gasteiger partial charge in [-0.15, -0.1) is 0 Å². The van der Waals surface area contributed by atoms with Crippen molar-refractivity contribution < 1.29 is 0 Å². The molecule has 0 bridgehead atoms. The van der Waals surface area contributed by atoms with Crippen molar-refractivity contribution in [3.63, 3.8) is 0 Å². The Morgan fingerprint density at radius 1 is 0.424 bits per heavy atom. The van der Waals surface area contributed by atoms with Crippen molar-refractivity contribution in [2.75, 3.05) is 0 Å². The molecule has 9 heteroatoms. The Morgan fingerprint density at radius 2 is 0.636 bits per heavy atom. The van der Waals surface area contributed by atoms with E-state index in [1.54, 1.807) is 36.4 Å². The van der Waals surface area contributed by atoms with E-state index in [0.29, 0.717) is 17.1 Å². The summed E-state index contributed by atoms with van der Waals surface area (Å²) in [5.74, 6) is 0. The number of aromatic nitrogens is 3. The van der Waals surface area contributed by atoms with Crippen LogP contribution in [0.25, 0.3) is 17.1 Å². The first-order valence-electron chi connectivity index (χ1n) is 11.3. The number of benzene rings is 3. The molecular weight excluding hydrogens is 463 g/mol. The van der Waals surface area contributed by atoms with Crippen LogP contribution in [0.15, 0.2) is 87.2 Å². The fraction of sp³-hybridized carbons (Fsp3) is 0.125. The van der Waals surface area contributed by atoms with Gasteiger partial charge >= 0.3 is 17.1 Å². The maximum Gasteiger partial charge on any atom is 0.345 e. The number of hydrogen-bond acceptors (Lipinski definition) is 3. The van der Waals surface area contributed by atoms with Crippen LogP contribution in [-0.4, -0.2) is 42.3 Å². The van der Waals surface area contributed by atoms with Gasteiger partial charge in [-0.2, -0.15) is 0 Å². The van der Waals surface area contributed by atoms with Gasteiger partial charge in [0.05, 0.1) is 45.6 Å². The molecule has 0 radical (unpaired) electrons. The van der Waals surface area contributed by atoms with Crippen LogP contribution in [0.3, 0.4) is 0 Å². The van der Waals surface area contributed by atoms with E-state index in [1.165, 1.54) is 15.6 Å². The van der Waals surface area contributed by atoms with E-state index in [1.807, 2.05) is 36.4 Å². The number of hydrogen-bond donors (Lipinski definition) is 0. The smallest absolute Gasteiger partial charge is 0.246 e. The molecule has 0 fully saturated rings. The van der Waals surface area contributed by atoms with Crippen LogP contribution >= 0.6 is 0 Å². The summed E-state index contributed by atoms with van der Waals surface area (Å²) >= 11 is 0. The van der Waals surface area contributed by atoms with E-state index < -0.39 is 17.1 Å². The molecule has 4 aromatic rings. The highest BCUT2D eigenvalue weighted by atomic mass is 28.2. The molecule has 0 N–H and O–H groups in total. The zero-order valence-corrected chi connectivity index (χ0v) is 23.4. The molecule has 1 heterocycles. The molecule has 0 saturated heterocycles. The third-order valence-electron chi connectivity index (χ3n) is 5.96. The van der Waals surface area contributed by atoms with Gasteiger partial charge in [-0.1, -0.05) is 71.6 Å². The molecule has 168 valence electrons. The second-order valence-electron chi connectivity index (χ2n) is 7.91. The van der Waals surface area contributed by atoms with E-state index in [9.17, 15) is 14.4 Å². The van der Waals surface area contributed by atoms with E-state index in [2.05, 4.69) is 19.6 Å². The average molecular weight is 490 g/mol. The first-order valence-corrected chi connectivity index (χ1v) is 17.6. The highest BCUT2D eigenvalue weighted by Crippen LogP contribution is 2.05. The summed E-state index contributed by atoms with van der Waals surface area (Å²) in [4.78, 5) is 40.6. The van der Waals surface area contributed by atoms with Gasteiger partial charge in [0, 0.05) is 0 Å². The van der Waals surface area contributed by atoms with E-state index in [4.69, 9.17) is 0 Å². The summed E-state index contributed by atoms with van der Waals surface area (Å²) in [7, 11) is -1.08. The van der Waals surface area contributed by atoms with Crippen molar-refractivity contribution in [2.24, 2.45) is 0 Å². The minimum absolute atomic E-state index is 0.362. The molecule has 0 amide bonds. The first kappa shape index (κ1) is 22.9. The van der Waals surface area contributed by atoms with Crippen molar-refractivity contribution in [1.82, 2.24) is 13.7 Å². The molecule has 0 aliphatic heterocycles. The molecule has 0 spiro atoms. The van der Waals surface area contributed by atoms with Gasteiger partial charge in [0.25, 0.3) is 0 Å². The predicted octanol–water partition coefficient (Wildman–Crippen LogP) is -1.33. The van der Waals surface area contributed by atoms with Crippen molar-refractivity contribution in [1.29, 1.82) is 0 Å². The Kier molecular flexibility index (Phi) is 6.72. The summed E-state index contributed by atoms with van der Waals surface area (Å²) in [6.07, 6.45) is 0. The summed E-state index contributed by atoms with van der Waals surface area (Å²) < 4.78 is 3.27. The second kappa shape index (κ2) is 9.69. The third kappa shape index (κ3) is 4.34. The Morgan fingerprint density at radius 3 is 0.818 bits per heavy atom. The molecule has 0 saturated carbocycles. The quantitative estimate of drug-likeness (QED) is 0.315. The van der Waals surface area contributed by atoms with Gasteiger partial charge in [-0.05, 0) is 36.4 Å². The maximum atomic E-state index is 13.5. The van der Waals surface area contributed by atoms with Crippen LogP contribution in [0.5, 0.6) is 0 Å². The van der Waals surface area contributed by atoms with Crippen LogP contribution in [-0.2, 0) is 0 Å². The number of nitrogens with zero attached hydrogens (tertiary/aromatic N) is 3. The average Bonchev–Trinajstić information content (AvgIpc) is 2.85. The normalized spacial score (nSPS) is 12.1. The van der Waals surface area contributed by atoms with Crippen molar-refractivity contribution in [3.05, 3.63) is 104 Å². The molecule has 33 heavy (non-hydrogen) atoms. The van der Waals surface area contributed by atoms with Crippen LogP contribution < -0.4 is 32.6 Å². The van der Waals surface area contributed by atoms with Crippen LogP contribution in [0.2, 0.25) is 19.6 Å². The fourth-order valence-corrected chi connectivity index (χ4v) is 5.97. The molecule has 3 aromatic carbocycles. The second-order valence-corrected chi connectivity index (χ2v) is 12.5. The Bertz CT molecular complexity index is 1240. The summed E-state index contributed by atoms with van der Waals surface area (Å²) in [6.45, 7) is 6.54. The van der Waals surface area contributed by atoms with E-state index in [-0.39, 0.29) is 28.6 Å². The van der Waals surface area contributed by atoms with Crippen molar-refractivity contribution in [2.45, 2.75) is 19.6 Å². The monoisotopic (exact) mass is 489 g/mol. The van der Waals surface area contributed by atoms with Gasteiger partial charge in [0.2, 0.25) is 0 Å². The molecule has 0 unspecified atom stereocenters. The van der Waals surface area contributed by atoms with Gasteiger partial charge in [-0.25, -0.2) is 28.1 Å². The Hall–Kier alpha value is -3.28. The van der Waals surface area contributed by atoms with Crippen LogP contribution in [0.1, 0.15) is 0 Å². The largest absolute Gasteiger partial charge is 0.345 e. The summed E-state index contributed by atoms with van der Waals surface area (Å²) in [5.41, 5.74) is -0.637. The minimum Gasteiger partial charge on any atom is -0.246 e. The highest BCUT2D eigenvalue weighted by molar-refractivity contribution is 6.52. The third-order valence-corrected chi connectivity index (χ3v) is 9.82. The Labute approximate surface area is 198 Å². The molecule has 0 atom stereocenters. The first-order chi connectivity index (χ1) is 16.0. The lowest BCUT2D eigenvalue weighted by Gasteiger charge is -2.15. The molecule has 0 aliphatic rings. The minimum atomic E-state index is -0.665.